The summed E-state index contributed by atoms with van der Waals surface area (Å²) in [6.45, 7) is 2.07. The summed E-state index contributed by atoms with van der Waals surface area (Å²) in [6, 6.07) is 6.70. The molecule has 0 fully saturated rings. The van der Waals surface area contributed by atoms with Crippen LogP contribution in [0.2, 0.25) is 5.02 Å². The van der Waals surface area contributed by atoms with Crippen LogP contribution in [0, 0.1) is 6.92 Å². The number of nitrogens with one attached hydrogen (secondary N) is 1. The first-order chi connectivity index (χ1) is 8.72. The first-order valence-corrected chi connectivity index (χ1v) is 7.22. The fraction of sp³-hybridized carbons (Fsp3) is 0.500. The van der Waals surface area contributed by atoms with Crippen molar-refractivity contribution in [3.05, 3.63) is 46.0 Å². The lowest BCUT2D eigenvalue weighted by atomic mass is 9.94. The highest BCUT2D eigenvalue weighted by Gasteiger charge is 2.16. The fourth-order valence-electron chi connectivity index (χ4n) is 2.72. The van der Waals surface area contributed by atoms with Gasteiger partial charge in [-0.1, -0.05) is 41.8 Å². The Morgan fingerprint density at radius 3 is 2.78 bits per heavy atom. The number of hydrogen-bond donors (Lipinski definition) is 1. The lowest BCUT2D eigenvalue weighted by Gasteiger charge is -2.21. The first-order valence-electron chi connectivity index (χ1n) is 6.84. The topological polar surface area (TPSA) is 12.0 Å². The lowest BCUT2D eigenvalue weighted by molar-refractivity contribution is 0.628. The van der Waals surface area contributed by atoms with E-state index in [1.807, 2.05) is 13.1 Å². The minimum Gasteiger partial charge on any atom is -0.310 e. The summed E-state index contributed by atoms with van der Waals surface area (Å²) in [5, 5.41) is 4.30. The Hall–Kier alpha value is -0.790. The highest BCUT2D eigenvalue weighted by molar-refractivity contribution is 6.31. The summed E-state index contributed by atoms with van der Waals surface area (Å²) in [6.07, 6.45) is 8.87. The molecule has 0 saturated heterocycles. The van der Waals surface area contributed by atoms with Crippen LogP contribution in [-0.2, 0) is 0 Å². The van der Waals surface area contributed by atoms with Gasteiger partial charge in [0.05, 0.1) is 6.04 Å². The Morgan fingerprint density at radius 2 is 2.06 bits per heavy atom. The fourth-order valence-corrected chi connectivity index (χ4v) is 2.83. The average Bonchev–Trinajstić information content (AvgIpc) is 2.64. The molecule has 2 rings (SSSR count). The van der Waals surface area contributed by atoms with E-state index in [2.05, 4.69) is 30.4 Å². The van der Waals surface area contributed by atoms with E-state index in [1.54, 1.807) is 0 Å². The molecule has 0 saturated carbocycles. The van der Waals surface area contributed by atoms with E-state index in [0.29, 0.717) is 6.04 Å². The van der Waals surface area contributed by atoms with Gasteiger partial charge in [0.25, 0.3) is 0 Å². The third-order valence-corrected chi connectivity index (χ3v) is 4.17. The highest BCUT2D eigenvalue weighted by Crippen LogP contribution is 2.30. The second-order valence-electron chi connectivity index (χ2n) is 5.11. The molecule has 1 N–H and O–H groups in total. The summed E-state index contributed by atoms with van der Waals surface area (Å²) in [4.78, 5) is 0. The Bertz CT molecular complexity index is 437. The Morgan fingerprint density at radius 1 is 1.22 bits per heavy atom. The van der Waals surface area contributed by atoms with Crippen molar-refractivity contribution in [2.24, 2.45) is 0 Å². The second kappa shape index (κ2) is 6.40. The number of likely N-dealkylation sites (N-methyl/N-ethyl adjacent to an activating group) is 1. The van der Waals surface area contributed by atoms with Gasteiger partial charge >= 0.3 is 0 Å². The third-order valence-electron chi connectivity index (χ3n) is 3.75. The molecule has 0 radical (unpaired) electrons. The molecule has 0 bridgehead atoms. The van der Waals surface area contributed by atoms with Crippen molar-refractivity contribution in [1.82, 2.24) is 5.32 Å². The van der Waals surface area contributed by atoms with Gasteiger partial charge in [-0.25, -0.2) is 0 Å². The molecule has 18 heavy (non-hydrogen) atoms. The van der Waals surface area contributed by atoms with Crippen LogP contribution in [0.15, 0.2) is 29.8 Å². The normalized spacial score (nSPS) is 18.1. The predicted octanol–water partition coefficient (Wildman–Crippen LogP) is 4.80. The molecular formula is C16H22ClN. The van der Waals surface area contributed by atoms with Crippen LogP contribution in [0.25, 0.3) is 0 Å². The van der Waals surface area contributed by atoms with Gasteiger partial charge in [-0.05, 0) is 56.8 Å². The van der Waals surface area contributed by atoms with Crippen LogP contribution in [0.4, 0.5) is 0 Å². The molecule has 1 aromatic rings. The Labute approximate surface area is 115 Å². The second-order valence-corrected chi connectivity index (χ2v) is 5.52. The van der Waals surface area contributed by atoms with Crippen LogP contribution in [0.3, 0.4) is 0 Å². The number of benzene rings is 1. The van der Waals surface area contributed by atoms with Crippen molar-refractivity contribution >= 4 is 11.6 Å². The number of allylic oxidation sites excluding steroid dienone is 1. The number of halogens is 1. The highest BCUT2D eigenvalue weighted by atomic mass is 35.5. The zero-order valence-electron chi connectivity index (χ0n) is 11.3. The van der Waals surface area contributed by atoms with E-state index in [4.69, 9.17) is 11.6 Å². The van der Waals surface area contributed by atoms with Crippen molar-refractivity contribution in [3.8, 4) is 0 Å². The van der Waals surface area contributed by atoms with Gasteiger partial charge < -0.3 is 5.32 Å². The van der Waals surface area contributed by atoms with Gasteiger partial charge in [-0.2, -0.15) is 0 Å². The van der Waals surface area contributed by atoms with Crippen LogP contribution >= 0.6 is 11.6 Å². The molecule has 1 atom stereocenters. The van der Waals surface area contributed by atoms with E-state index in [-0.39, 0.29) is 0 Å². The summed E-state index contributed by atoms with van der Waals surface area (Å²) < 4.78 is 0. The maximum absolute atomic E-state index is 6.11. The first kappa shape index (κ1) is 13.6. The molecule has 0 amide bonds. The molecule has 98 valence electrons. The average molecular weight is 264 g/mol. The van der Waals surface area contributed by atoms with Gasteiger partial charge in [0.15, 0.2) is 0 Å². The summed E-state index contributed by atoms with van der Waals surface area (Å²) in [5.74, 6) is 0. The van der Waals surface area contributed by atoms with Crippen LogP contribution in [0.5, 0.6) is 0 Å². The van der Waals surface area contributed by atoms with Gasteiger partial charge in [0.1, 0.15) is 0 Å². The lowest BCUT2D eigenvalue weighted by Crippen LogP contribution is -2.18. The SMILES string of the molecule is CNC(C1=CCCCCC1)c1ccc(Cl)c(C)c1. The molecule has 1 nitrogen and oxygen atoms in total. The predicted molar refractivity (Wildman–Crippen MR) is 79.2 cm³/mol. The van der Waals surface area contributed by atoms with E-state index in [0.717, 1.165) is 10.6 Å². The molecule has 0 spiro atoms. The van der Waals surface area contributed by atoms with E-state index >= 15 is 0 Å². The van der Waals surface area contributed by atoms with Crippen molar-refractivity contribution < 1.29 is 0 Å². The molecule has 2 heteroatoms. The summed E-state index contributed by atoms with van der Waals surface area (Å²) >= 11 is 6.11. The van der Waals surface area contributed by atoms with E-state index < -0.39 is 0 Å². The van der Waals surface area contributed by atoms with E-state index in [1.165, 1.54) is 43.2 Å². The zero-order chi connectivity index (χ0) is 13.0. The maximum atomic E-state index is 6.11. The minimum atomic E-state index is 0.346. The van der Waals surface area contributed by atoms with Gasteiger partial charge in [-0.15, -0.1) is 0 Å². The maximum Gasteiger partial charge on any atom is 0.0533 e. The smallest absolute Gasteiger partial charge is 0.0533 e. The van der Waals surface area contributed by atoms with Crippen molar-refractivity contribution in [3.63, 3.8) is 0 Å². The third kappa shape index (κ3) is 3.15. The number of aryl methyl sites for hydroxylation is 1. The van der Waals surface area contributed by atoms with Gasteiger partial charge in [-0.3, -0.25) is 0 Å². The number of rotatable bonds is 3. The van der Waals surface area contributed by atoms with Crippen LogP contribution in [-0.4, -0.2) is 7.05 Å². The summed E-state index contributed by atoms with van der Waals surface area (Å²) in [5.41, 5.74) is 4.02. The summed E-state index contributed by atoms with van der Waals surface area (Å²) in [7, 11) is 2.04. The van der Waals surface area contributed by atoms with Crippen molar-refractivity contribution in [1.29, 1.82) is 0 Å². The largest absolute Gasteiger partial charge is 0.310 e. The van der Waals surface area contributed by atoms with Crippen molar-refractivity contribution in [2.45, 2.75) is 45.1 Å². The quantitative estimate of drug-likeness (QED) is 0.773. The van der Waals surface area contributed by atoms with Crippen LogP contribution < -0.4 is 5.32 Å². The van der Waals surface area contributed by atoms with Crippen molar-refractivity contribution in [2.75, 3.05) is 7.05 Å². The molecule has 1 aliphatic rings. The van der Waals surface area contributed by atoms with E-state index in [9.17, 15) is 0 Å². The molecule has 0 heterocycles. The van der Waals surface area contributed by atoms with Gasteiger partial charge in [0.2, 0.25) is 0 Å². The molecular weight excluding hydrogens is 242 g/mol. The molecule has 1 aromatic carbocycles. The Balaban J connectivity index is 2.26. The minimum absolute atomic E-state index is 0.346. The monoisotopic (exact) mass is 263 g/mol. The van der Waals surface area contributed by atoms with Crippen LogP contribution in [0.1, 0.15) is 49.3 Å². The standard InChI is InChI=1S/C16H22ClN/c1-12-11-14(9-10-15(12)17)16(18-2)13-7-5-3-4-6-8-13/h7,9-11,16,18H,3-6,8H2,1-2H3. The molecule has 1 aliphatic carbocycles. The molecule has 0 aromatic heterocycles. The molecule has 1 unspecified atom stereocenters. The molecule has 0 aliphatic heterocycles. The Kier molecular flexibility index (Phi) is 4.85. The number of hydrogen-bond acceptors (Lipinski definition) is 1. The van der Waals surface area contributed by atoms with Gasteiger partial charge in [0, 0.05) is 5.02 Å². The zero-order valence-corrected chi connectivity index (χ0v) is 12.1.